The van der Waals surface area contributed by atoms with Gasteiger partial charge in [-0.3, -0.25) is 0 Å². The summed E-state index contributed by atoms with van der Waals surface area (Å²) in [6.45, 7) is 0. The second-order valence-corrected chi connectivity index (χ2v) is 5.73. The Labute approximate surface area is 133 Å². The zero-order chi connectivity index (χ0) is 14.8. The molecule has 1 N–H and O–H groups in total. The Hall–Kier alpha value is -1.48. The molecule has 2 nitrogen and oxygen atoms in total. The quantitative estimate of drug-likeness (QED) is 0.711. The molecule has 1 heterocycles. The van der Waals surface area contributed by atoms with Crippen LogP contribution in [-0.4, -0.2) is 7.05 Å². The van der Waals surface area contributed by atoms with Crippen molar-refractivity contribution in [1.82, 2.24) is 5.32 Å². The van der Waals surface area contributed by atoms with E-state index in [4.69, 9.17) is 27.6 Å². The average molecular weight is 320 g/mol. The Morgan fingerprint density at radius 1 is 1.10 bits per heavy atom. The fourth-order valence-electron chi connectivity index (χ4n) is 2.45. The summed E-state index contributed by atoms with van der Waals surface area (Å²) in [6, 6.07) is 15.8. The molecule has 0 bridgehead atoms. The van der Waals surface area contributed by atoms with Crippen LogP contribution in [0.5, 0.6) is 0 Å². The first kappa shape index (κ1) is 14.5. The number of hydrogen-bond donors (Lipinski definition) is 1. The second kappa shape index (κ2) is 6.10. The molecule has 2 aromatic carbocycles. The van der Waals surface area contributed by atoms with E-state index in [0.29, 0.717) is 10.0 Å². The van der Waals surface area contributed by atoms with Gasteiger partial charge in [-0.15, -0.1) is 0 Å². The highest BCUT2D eigenvalue weighted by Crippen LogP contribution is 2.31. The third-order valence-corrected chi connectivity index (χ3v) is 4.45. The van der Waals surface area contributed by atoms with E-state index in [1.165, 1.54) is 0 Å². The molecule has 0 saturated carbocycles. The van der Waals surface area contributed by atoms with Crippen LogP contribution in [0.3, 0.4) is 0 Å². The molecule has 0 aliphatic heterocycles. The summed E-state index contributed by atoms with van der Waals surface area (Å²) in [5.74, 6) is 0.898. The molecule has 0 fully saturated rings. The molecular weight excluding hydrogens is 305 g/mol. The van der Waals surface area contributed by atoms with E-state index in [1.54, 1.807) is 6.07 Å². The number of para-hydroxylation sites is 1. The summed E-state index contributed by atoms with van der Waals surface area (Å²) < 4.78 is 5.92. The zero-order valence-electron chi connectivity index (χ0n) is 11.6. The Morgan fingerprint density at radius 3 is 2.67 bits per heavy atom. The van der Waals surface area contributed by atoms with Gasteiger partial charge in [0.05, 0.1) is 16.1 Å². The highest BCUT2D eigenvalue weighted by molar-refractivity contribution is 6.42. The smallest absolute Gasteiger partial charge is 0.134 e. The van der Waals surface area contributed by atoms with E-state index in [9.17, 15) is 0 Å². The van der Waals surface area contributed by atoms with Crippen LogP contribution in [0.4, 0.5) is 0 Å². The lowest BCUT2D eigenvalue weighted by molar-refractivity contribution is 0.451. The predicted molar refractivity (Wildman–Crippen MR) is 88.2 cm³/mol. The zero-order valence-corrected chi connectivity index (χ0v) is 13.1. The Balaban J connectivity index is 1.93. The molecule has 108 valence electrons. The van der Waals surface area contributed by atoms with E-state index in [1.807, 2.05) is 43.4 Å². The molecule has 3 aromatic rings. The van der Waals surface area contributed by atoms with Crippen LogP contribution in [0.25, 0.3) is 11.0 Å². The van der Waals surface area contributed by atoms with Crippen molar-refractivity contribution in [3.8, 4) is 0 Å². The van der Waals surface area contributed by atoms with Crippen LogP contribution in [0.1, 0.15) is 17.4 Å². The Bertz CT molecular complexity index is 733. The largest absolute Gasteiger partial charge is 0.459 e. The van der Waals surface area contributed by atoms with Gasteiger partial charge in [-0.25, -0.2) is 0 Å². The standard InChI is InChI=1S/C17H15Cl2NO/c1-20-14(9-12-6-4-7-13(18)17(12)19)16-10-11-5-2-3-8-15(11)21-16/h2-8,10,14,20H,9H2,1H3. The van der Waals surface area contributed by atoms with Gasteiger partial charge in [-0.05, 0) is 37.2 Å². The normalized spacial score (nSPS) is 12.7. The first-order chi connectivity index (χ1) is 10.2. The van der Waals surface area contributed by atoms with Gasteiger partial charge in [0, 0.05) is 5.39 Å². The number of likely N-dealkylation sites (N-methyl/N-ethyl adjacent to an activating group) is 1. The van der Waals surface area contributed by atoms with Gasteiger partial charge in [0.1, 0.15) is 11.3 Å². The molecule has 4 heteroatoms. The molecule has 0 spiro atoms. The van der Waals surface area contributed by atoms with E-state index < -0.39 is 0 Å². The topological polar surface area (TPSA) is 25.2 Å². The lowest BCUT2D eigenvalue weighted by atomic mass is 10.0. The highest BCUT2D eigenvalue weighted by atomic mass is 35.5. The van der Waals surface area contributed by atoms with Crippen LogP contribution in [0.2, 0.25) is 10.0 Å². The number of halogens is 2. The van der Waals surface area contributed by atoms with Crippen molar-refractivity contribution in [2.24, 2.45) is 0 Å². The molecule has 1 unspecified atom stereocenters. The first-order valence-corrected chi connectivity index (χ1v) is 7.53. The summed E-state index contributed by atoms with van der Waals surface area (Å²) in [5.41, 5.74) is 1.90. The number of nitrogens with one attached hydrogen (secondary N) is 1. The molecule has 0 saturated heterocycles. The molecular formula is C17H15Cl2NO. The predicted octanol–water partition coefficient (Wildman–Crippen LogP) is 5.24. The van der Waals surface area contributed by atoms with Crippen molar-refractivity contribution in [3.63, 3.8) is 0 Å². The lowest BCUT2D eigenvalue weighted by Gasteiger charge is -2.15. The fraction of sp³-hybridized carbons (Fsp3) is 0.176. The maximum absolute atomic E-state index is 6.27. The van der Waals surface area contributed by atoms with Crippen LogP contribution in [0.15, 0.2) is 52.9 Å². The van der Waals surface area contributed by atoms with Crippen molar-refractivity contribution in [2.45, 2.75) is 12.5 Å². The van der Waals surface area contributed by atoms with Crippen LogP contribution in [-0.2, 0) is 6.42 Å². The van der Waals surface area contributed by atoms with Gasteiger partial charge >= 0.3 is 0 Å². The Morgan fingerprint density at radius 2 is 1.90 bits per heavy atom. The van der Waals surface area contributed by atoms with Crippen molar-refractivity contribution in [1.29, 1.82) is 0 Å². The van der Waals surface area contributed by atoms with Crippen LogP contribution in [0, 0.1) is 0 Å². The molecule has 0 aliphatic rings. The number of fused-ring (bicyclic) bond motifs is 1. The van der Waals surface area contributed by atoms with Crippen LogP contribution >= 0.6 is 23.2 Å². The van der Waals surface area contributed by atoms with E-state index in [0.717, 1.165) is 28.7 Å². The van der Waals surface area contributed by atoms with Crippen molar-refractivity contribution in [3.05, 3.63) is 69.9 Å². The van der Waals surface area contributed by atoms with Crippen LogP contribution < -0.4 is 5.32 Å². The van der Waals surface area contributed by atoms with Gasteiger partial charge in [-0.1, -0.05) is 53.5 Å². The molecule has 0 amide bonds. The van der Waals surface area contributed by atoms with Crippen molar-refractivity contribution < 1.29 is 4.42 Å². The number of rotatable bonds is 4. The maximum Gasteiger partial charge on any atom is 0.134 e. The van der Waals surface area contributed by atoms with Gasteiger partial charge in [0.2, 0.25) is 0 Å². The summed E-state index contributed by atoms with van der Waals surface area (Å²) in [4.78, 5) is 0. The minimum atomic E-state index is 0.0494. The van der Waals surface area contributed by atoms with E-state index in [-0.39, 0.29) is 6.04 Å². The minimum absolute atomic E-state index is 0.0494. The lowest BCUT2D eigenvalue weighted by Crippen LogP contribution is -2.18. The summed E-state index contributed by atoms with van der Waals surface area (Å²) >= 11 is 12.3. The SMILES string of the molecule is CNC(Cc1cccc(Cl)c1Cl)c1cc2ccccc2o1. The fourth-order valence-corrected chi connectivity index (χ4v) is 2.84. The molecule has 1 aromatic heterocycles. The Kier molecular flexibility index (Phi) is 4.20. The molecule has 3 rings (SSSR count). The summed E-state index contributed by atoms with van der Waals surface area (Å²) in [7, 11) is 1.91. The van der Waals surface area contributed by atoms with Gasteiger partial charge in [0.15, 0.2) is 0 Å². The highest BCUT2D eigenvalue weighted by Gasteiger charge is 2.17. The minimum Gasteiger partial charge on any atom is -0.459 e. The second-order valence-electron chi connectivity index (χ2n) is 4.94. The van der Waals surface area contributed by atoms with Crippen molar-refractivity contribution in [2.75, 3.05) is 7.05 Å². The third-order valence-electron chi connectivity index (χ3n) is 3.59. The first-order valence-electron chi connectivity index (χ1n) is 6.77. The molecule has 1 atom stereocenters. The molecule has 0 radical (unpaired) electrons. The van der Waals surface area contributed by atoms with Gasteiger partial charge < -0.3 is 9.73 Å². The van der Waals surface area contributed by atoms with E-state index in [2.05, 4.69) is 11.4 Å². The summed E-state index contributed by atoms with van der Waals surface area (Å²) in [6.07, 6.45) is 0.718. The number of hydrogen-bond acceptors (Lipinski definition) is 2. The number of furan rings is 1. The van der Waals surface area contributed by atoms with Crippen molar-refractivity contribution >= 4 is 34.2 Å². The molecule has 0 aliphatic carbocycles. The monoisotopic (exact) mass is 319 g/mol. The average Bonchev–Trinajstić information content (AvgIpc) is 2.92. The maximum atomic E-state index is 6.27. The van der Waals surface area contributed by atoms with E-state index >= 15 is 0 Å². The van der Waals surface area contributed by atoms with Gasteiger partial charge in [0.25, 0.3) is 0 Å². The molecule has 21 heavy (non-hydrogen) atoms. The number of benzene rings is 2. The summed E-state index contributed by atoms with van der Waals surface area (Å²) in [5, 5.41) is 5.57. The van der Waals surface area contributed by atoms with Gasteiger partial charge in [-0.2, -0.15) is 0 Å². The third kappa shape index (κ3) is 2.93.